The molecule has 4 N–H and O–H groups in total. The minimum atomic E-state index is -0.404. The number of hydrogen-bond donors (Lipinski definition) is 4. The Kier molecular flexibility index (Phi) is 8.88. The van der Waals surface area contributed by atoms with Gasteiger partial charge >= 0.3 is 5.76 Å². The number of rotatable bonds is 13. The Morgan fingerprint density at radius 1 is 1.09 bits per heavy atom. The van der Waals surface area contributed by atoms with Gasteiger partial charge in [-0.15, -0.1) is 0 Å². The average molecular weight is 482 g/mol. The van der Waals surface area contributed by atoms with Crippen LogP contribution < -0.4 is 11.1 Å². The number of aromatic amines is 1. The molecule has 4 rings (SSSR count). The van der Waals surface area contributed by atoms with Crippen molar-refractivity contribution in [3.63, 3.8) is 0 Å². The number of H-pyrrole nitrogens is 1. The highest BCUT2D eigenvalue weighted by Gasteiger charge is 2.26. The van der Waals surface area contributed by atoms with Gasteiger partial charge in [0.2, 0.25) is 0 Å². The van der Waals surface area contributed by atoms with Crippen LogP contribution in [0.4, 0.5) is 0 Å². The molecule has 7 nitrogen and oxygen atoms in total. The zero-order valence-electron chi connectivity index (χ0n) is 20.8. The molecule has 1 atom stereocenters. The molecule has 0 fully saturated rings. The highest BCUT2D eigenvalue weighted by atomic mass is 16.4. The first-order valence-electron chi connectivity index (χ1n) is 13.1. The normalized spacial score (nSPS) is 15.7. The van der Waals surface area contributed by atoms with E-state index >= 15 is 0 Å². The fourth-order valence-corrected chi connectivity index (χ4v) is 5.30. The molecule has 0 amide bonds. The highest BCUT2D eigenvalue weighted by Crippen LogP contribution is 2.36. The molecule has 7 heteroatoms. The maximum atomic E-state index is 11.3. The molecule has 190 valence electrons. The molecule has 1 aliphatic carbocycles. The fraction of sp³-hybridized carbons (Fsp3) is 0.536. The van der Waals surface area contributed by atoms with Crippen molar-refractivity contribution in [1.82, 2.24) is 15.2 Å². The van der Waals surface area contributed by atoms with Gasteiger partial charge in [0.15, 0.2) is 17.1 Å². The second-order valence-electron chi connectivity index (χ2n) is 9.76. The van der Waals surface area contributed by atoms with E-state index < -0.39 is 5.76 Å². The van der Waals surface area contributed by atoms with Crippen LogP contribution in [0.5, 0.6) is 11.5 Å². The molecule has 35 heavy (non-hydrogen) atoms. The maximum absolute atomic E-state index is 11.3. The summed E-state index contributed by atoms with van der Waals surface area (Å²) in [5.41, 5.74) is 4.65. The molecule has 0 saturated carbocycles. The number of phenolic OH excluding ortho intramolecular Hbond substituents is 2. The molecule has 0 radical (unpaired) electrons. The molecule has 0 bridgehead atoms. The van der Waals surface area contributed by atoms with Crippen LogP contribution in [0.2, 0.25) is 0 Å². The molecule has 2 aromatic carbocycles. The summed E-state index contributed by atoms with van der Waals surface area (Å²) in [4.78, 5) is 16.6. The van der Waals surface area contributed by atoms with Gasteiger partial charge in [-0.25, -0.2) is 4.79 Å². The molecule has 3 aromatic rings. The number of aromatic nitrogens is 1. The van der Waals surface area contributed by atoms with Crippen molar-refractivity contribution >= 4 is 11.1 Å². The molecular weight excluding hydrogens is 442 g/mol. The maximum Gasteiger partial charge on any atom is 0.417 e. The van der Waals surface area contributed by atoms with Gasteiger partial charge in [-0.05, 0) is 100 Å². The van der Waals surface area contributed by atoms with Gasteiger partial charge in [0.1, 0.15) is 0 Å². The van der Waals surface area contributed by atoms with Crippen molar-refractivity contribution < 1.29 is 14.6 Å². The first kappa shape index (κ1) is 25.3. The van der Waals surface area contributed by atoms with Gasteiger partial charge in [-0.2, -0.15) is 0 Å². The molecule has 0 spiro atoms. The first-order chi connectivity index (χ1) is 17.0. The summed E-state index contributed by atoms with van der Waals surface area (Å²) in [6.07, 6.45) is 9.76. The minimum Gasteiger partial charge on any atom is -0.504 e. The van der Waals surface area contributed by atoms with Gasteiger partial charge in [0.05, 0.1) is 5.52 Å². The lowest BCUT2D eigenvalue weighted by Crippen LogP contribution is -2.40. The van der Waals surface area contributed by atoms with E-state index in [4.69, 9.17) is 4.42 Å². The van der Waals surface area contributed by atoms with E-state index in [1.54, 1.807) is 6.07 Å². The van der Waals surface area contributed by atoms with Crippen molar-refractivity contribution in [3.05, 3.63) is 57.6 Å². The van der Waals surface area contributed by atoms with Crippen LogP contribution in [-0.2, 0) is 19.3 Å². The summed E-state index contributed by atoms with van der Waals surface area (Å²) in [5, 5.41) is 23.5. The average Bonchev–Trinajstić information content (AvgIpc) is 3.23. The van der Waals surface area contributed by atoms with Crippen LogP contribution in [0.1, 0.15) is 62.1 Å². The van der Waals surface area contributed by atoms with Crippen LogP contribution in [0.25, 0.3) is 11.1 Å². The second-order valence-corrected chi connectivity index (χ2v) is 9.76. The van der Waals surface area contributed by atoms with Crippen molar-refractivity contribution in [2.75, 3.05) is 26.2 Å². The van der Waals surface area contributed by atoms with Crippen molar-refractivity contribution in [2.24, 2.45) is 0 Å². The number of nitrogens with one attached hydrogen (secondary N) is 2. The van der Waals surface area contributed by atoms with Crippen LogP contribution in [-0.4, -0.2) is 52.3 Å². The number of benzene rings is 2. The number of hydrogen-bond acceptors (Lipinski definition) is 6. The Morgan fingerprint density at radius 3 is 2.80 bits per heavy atom. The topological polar surface area (TPSA) is 102 Å². The van der Waals surface area contributed by atoms with Crippen LogP contribution in [0.3, 0.4) is 0 Å². The Labute approximate surface area is 207 Å². The van der Waals surface area contributed by atoms with Crippen molar-refractivity contribution in [2.45, 2.75) is 70.8 Å². The lowest BCUT2D eigenvalue weighted by molar-refractivity contribution is 0.175. The van der Waals surface area contributed by atoms with E-state index in [1.807, 2.05) is 24.3 Å². The van der Waals surface area contributed by atoms with E-state index in [-0.39, 0.29) is 11.5 Å². The van der Waals surface area contributed by atoms with Crippen LogP contribution in [0.15, 0.2) is 39.5 Å². The number of phenols is 2. The predicted octanol–water partition coefficient (Wildman–Crippen LogP) is 4.49. The predicted molar refractivity (Wildman–Crippen MR) is 139 cm³/mol. The summed E-state index contributed by atoms with van der Waals surface area (Å²) < 4.78 is 5.13. The van der Waals surface area contributed by atoms with Crippen LogP contribution in [0, 0.1) is 0 Å². The fourth-order valence-electron chi connectivity index (χ4n) is 5.30. The number of fused-ring (bicyclic) bond motifs is 2. The number of nitrogens with zero attached hydrogens (tertiary/aromatic N) is 1. The summed E-state index contributed by atoms with van der Waals surface area (Å²) in [6.45, 7) is 6.43. The SMILES string of the molecule is CCCN(CCCCCCNCCc1ccc2[nH]c(=O)oc2c1)[C@H]1CCc2c(ccc(O)c2O)C1. The molecule has 1 heterocycles. The zero-order valence-corrected chi connectivity index (χ0v) is 20.8. The smallest absolute Gasteiger partial charge is 0.417 e. The van der Waals surface area contributed by atoms with Crippen LogP contribution >= 0.6 is 0 Å². The molecule has 1 aliphatic rings. The number of oxazole rings is 1. The third-order valence-electron chi connectivity index (χ3n) is 7.19. The Hall–Kier alpha value is -2.77. The van der Waals surface area contributed by atoms with E-state index in [2.05, 4.69) is 22.1 Å². The molecule has 1 aromatic heterocycles. The Balaban J connectivity index is 1.11. The third kappa shape index (κ3) is 6.67. The van der Waals surface area contributed by atoms with E-state index in [0.717, 1.165) is 69.4 Å². The number of aromatic hydroxyl groups is 2. The molecule has 0 aliphatic heterocycles. The minimum absolute atomic E-state index is 0.00447. The largest absolute Gasteiger partial charge is 0.504 e. The lowest BCUT2D eigenvalue weighted by atomic mass is 9.86. The monoisotopic (exact) mass is 481 g/mol. The van der Waals surface area contributed by atoms with Gasteiger partial charge < -0.3 is 24.8 Å². The second kappa shape index (κ2) is 12.3. The summed E-state index contributed by atoms with van der Waals surface area (Å²) in [6, 6.07) is 9.99. The van der Waals surface area contributed by atoms with Gasteiger partial charge in [-0.1, -0.05) is 31.9 Å². The van der Waals surface area contributed by atoms with Gasteiger partial charge in [-0.3, -0.25) is 4.98 Å². The molecule has 0 saturated heterocycles. The standard InChI is InChI=1S/C28H39N3O4/c1-2-16-31(22-9-10-23-21(19-22)8-12-25(32)27(23)33)17-6-4-3-5-14-29-15-13-20-7-11-24-26(18-20)35-28(34)30-24/h7-8,11-12,18,22,29,32-33H,2-6,9-10,13-17,19H2,1H3,(H,30,34)/t22-/m0/s1. The molecule has 0 unspecified atom stereocenters. The highest BCUT2D eigenvalue weighted by molar-refractivity contribution is 5.72. The first-order valence-corrected chi connectivity index (χ1v) is 13.1. The van der Waals surface area contributed by atoms with E-state index in [0.29, 0.717) is 11.6 Å². The Bertz CT molecular complexity index is 1150. The Morgan fingerprint density at radius 2 is 1.94 bits per heavy atom. The third-order valence-corrected chi connectivity index (χ3v) is 7.19. The van der Waals surface area contributed by atoms with E-state index in [1.165, 1.54) is 36.8 Å². The van der Waals surface area contributed by atoms with Crippen molar-refractivity contribution in [3.8, 4) is 11.5 Å². The van der Waals surface area contributed by atoms with Gasteiger partial charge in [0, 0.05) is 11.6 Å². The zero-order chi connectivity index (χ0) is 24.6. The lowest BCUT2D eigenvalue weighted by Gasteiger charge is -2.35. The quantitative estimate of drug-likeness (QED) is 0.212. The molecular formula is C28H39N3O4. The summed E-state index contributed by atoms with van der Waals surface area (Å²) in [7, 11) is 0. The number of unbranched alkanes of at least 4 members (excludes halogenated alkanes) is 3. The van der Waals surface area contributed by atoms with Crippen molar-refractivity contribution in [1.29, 1.82) is 0 Å². The van der Waals surface area contributed by atoms with Gasteiger partial charge in [0.25, 0.3) is 0 Å². The summed E-state index contributed by atoms with van der Waals surface area (Å²) in [5.74, 6) is -0.333. The van der Waals surface area contributed by atoms with E-state index in [9.17, 15) is 15.0 Å². The summed E-state index contributed by atoms with van der Waals surface area (Å²) >= 11 is 0.